The van der Waals surface area contributed by atoms with Gasteiger partial charge >= 0.3 is 0 Å². The monoisotopic (exact) mass is 405 g/mol. The molecule has 0 saturated heterocycles. The first-order chi connectivity index (χ1) is 13.4. The largest absolute Gasteiger partial charge is 0.385 e. The van der Waals surface area contributed by atoms with Crippen molar-refractivity contribution in [3.8, 4) is 17.2 Å². The molecule has 4 nitrogen and oxygen atoms in total. The summed E-state index contributed by atoms with van der Waals surface area (Å²) in [4.78, 5) is 3.97. The third-order valence-corrected chi connectivity index (χ3v) is 5.19. The molecule has 29 heavy (non-hydrogen) atoms. The highest BCUT2D eigenvalue weighted by atomic mass is 19.3. The molecule has 1 atom stereocenters. The number of nitrogens with zero attached hydrogens (tertiary/aromatic N) is 2. The summed E-state index contributed by atoms with van der Waals surface area (Å²) < 4.78 is 64.4. The Kier molecular flexibility index (Phi) is 4.91. The van der Waals surface area contributed by atoms with Crippen LogP contribution in [0.2, 0.25) is 0 Å². The molecule has 152 valence electrons. The van der Waals surface area contributed by atoms with Gasteiger partial charge in [0, 0.05) is 11.1 Å². The first kappa shape index (κ1) is 20.8. The Bertz CT molecular complexity index is 1040. The van der Waals surface area contributed by atoms with Crippen molar-refractivity contribution in [2.45, 2.75) is 37.8 Å². The van der Waals surface area contributed by atoms with E-state index in [4.69, 9.17) is 15.7 Å². The van der Waals surface area contributed by atoms with Gasteiger partial charge in [0.2, 0.25) is 0 Å². The molecule has 2 N–H and O–H groups in total. The summed E-state index contributed by atoms with van der Waals surface area (Å²) in [7, 11) is 0. The lowest BCUT2D eigenvalue weighted by Gasteiger charge is -2.33. The van der Waals surface area contributed by atoms with Gasteiger partial charge in [-0.2, -0.15) is 5.26 Å². The van der Waals surface area contributed by atoms with Gasteiger partial charge in [-0.25, -0.2) is 17.6 Å². The highest BCUT2D eigenvalue weighted by Crippen LogP contribution is 2.46. The van der Waals surface area contributed by atoms with Gasteiger partial charge in [0.15, 0.2) is 5.54 Å². The number of halogens is 4. The van der Waals surface area contributed by atoms with Crippen molar-refractivity contribution < 1.29 is 22.3 Å². The van der Waals surface area contributed by atoms with Crippen LogP contribution in [0.1, 0.15) is 31.9 Å². The summed E-state index contributed by atoms with van der Waals surface area (Å²) in [6.07, 6.45) is 0. The second-order valence-corrected chi connectivity index (χ2v) is 7.57. The summed E-state index contributed by atoms with van der Waals surface area (Å²) in [5, 5.41) is 8.87. The fourth-order valence-corrected chi connectivity index (χ4v) is 3.08. The van der Waals surface area contributed by atoms with Gasteiger partial charge < -0.3 is 10.5 Å². The molecule has 0 spiro atoms. The Morgan fingerprint density at radius 3 is 2.38 bits per heavy atom. The zero-order chi connectivity index (χ0) is 21.6. The van der Waals surface area contributed by atoms with E-state index in [0.717, 1.165) is 25.1 Å². The Morgan fingerprint density at radius 2 is 1.76 bits per heavy atom. The number of nitrogens with two attached hydrogens (primary N) is 1. The van der Waals surface area contributed by atoms with E-state index in [1.807, 2.05) is 6.07 Å². The third-order valence-electron chi connectivity index (χ3n) is 5.19. The van der Waals surface area contributed by atoms with Crippen LogP contribution in [-0.2, 0) is 10.3 Å². The molecule has 0 saturated carbocycles. The van der Waals surface area contributed by atoms with Crippen LogP contribution >= 0.6 is 0 Å². The van der Waals surface area contributed by atoms with E-state index in [2.05, 4.69) is 4.99 Å². The van der Waals surface area contributed by atoms with Crippen molar-refractivity contribution in [2.24, 2.45) is 10.7 Å². The van der Waals surface area contributed by atoms with E-state index in [1.54, 1.807) is 0 Å². The van der Waals surface area contributed by atoms with Crippen molar-refractivity contribution >= 4 is 5.84 Å². The van der Waals surface area contributed by atoms with Crippen molar-refractivity contribution in [3.63, 3.8) is 0 Å². The molecule has 1 aliphatic rings. The maximum absolute atomic E-state index is 15.0. The fourth-order valence-electron chi connectivity index (χ4n) is 3.08. The Hall–Kier alpha value is -2.92. The van der Waals surface area contributed by atoms with E-state index in [9.17, 15) is 8.78 Å². The van der Waals surface area contributed by atoms with Gasteiger partial charge in [0.1, 0.15) is 29.7 Å². The van der Waals surface area contributed by atoms with Crippen LogP contribution in [0.4, 0.5) is 17.6 Å². The van der Waals surface area contributed by atoms with Crippen LogP contribution in [0, 0.1) is 23.0 Å². The lowest BCUT2D eigenvalue weighted by atomic mass is 9.84. The van der Waals surface area contributed by atoms with Crippen LogP contribution in [0.3, 0.4) is 0 Å². The quantitative estimate of drug-likeness (QED) is 0.747. The molecule has 0 aromatic heterocycles. The van der Waals surface area contributed by atoms with Gasteiger partial charge in [0.05, 0.1) is 11.6 Å². The first-order valence-corrected chi connectivity index (χ1v) is 8.79. The molecule has 1 unspecified atom stereocenters. The molecule has 1 aliphatic heterocycles. The van der Waals surface area contributed by atoms with E-state index in [1.165, 1.54) is 32.0 Å². The topological polar surface area (TPSA) is 71.4 Å². The molecule has 2 aromatic carbocycles. The second kappa shape index (κ2) is 6.85. The molecule has 0 radical (unpaired) electrons. The number of aliphatic imine (C=N–C) groups is 1. The number of alkyl halides is 2. The lowest BCUT2D eigenvalue weighted by Crippen LogP contribution is -2.45. The average Bonchev–Trinajstić information content (AvgIpc) is 2.72. The molecule has 0 fully saturated rings. The number of rotatable bonds is 2. The van der Waals surface area contributed by atoms with Gasteiger partial charge in [-0.15, -0.1) is 0 Å². The maximum Gasteiger partial charge on any atom is 0.299 e. The van der Waals surface area contributed by atoms with E-state index >= 15 is 8.78 Å². The lowest BCUT2D eigenvalue weighted by molar-refractivity contribution is -0.139. The molecule has 1 heterocycles. The smallest absolute Gasteiger partial charge is 0.299 e. The van der Waals surface area contributed by atoms with Gasteiger partial charge in [-0.1, -0.05) is 12.1 Å². The zero-order valence-electron chi connectivity index (χ0n) is 16.1. The van der Waals surface area contributed by atoms with Crippen molar-refractivity contribution in [2.75, 3.05) is 6.61 Å². The number of ether oxygens (including phenoxy) is 1. The van der Waals surface area contributed by atoms with Gasteiger partial charge in [0.25, 0.3) is 5.92 Å². The fraction of sp³-hybridized carbons (Fsp3) is 0.333. The highest BCUT2D eigenvalue weighted by molar-refractivity contribution is 5.89. The van der Waals surface area contributed by atoms with Crippen molar-refractivity contribution in [1.29, 1.82) is 5.26 Å². The minimum atomic E-state index is -3.59. The van der Waals surface area contributed by atoms with Crippen LogP contribution in [0.5, 0.6) is 0 Å². The number of hydrogen-bond acceptors (Lipinski definition) is 4. The molecule has 0 bridgehead atoms. The first-order valence-electron chi connectivity index (χ1n) is 8.79. The molecule has 2 aromatic rings. The zero-order valence-corrected chi connectivity index (χ0v) is 16.1. The van der Waals surface area contributed by atoms with Crippen LogP contribution in [-0.4, -0.2) is 24.0 Å². The molecular formula is C21H19F4N3O. The summed E-state index contributed by atoms with van der Waals surface area (Å²) in [5.41, 5.74) is 2.13. The summed E-state index contributed by atoms with van der Waals surface area (Å²) >= 11 is 0. The Balaban J connectivity index is 2.22. The van der Waals surface area contributed by atoms with Crippen LogP contribution in [0.25, 0.3) is 11.1 Å². The van der Waals surface area contributed by atoms with Crippen molar-refractivity contribution in [1.82, 2.24) is 0 Å². The van der Waals surface area contributed by atoms with E-state index in [-0.39, 0.29) is 22.5 Å². The average molecular weight is 405 g/mol. The standard InChI is InChI=1S/C21H19F4N3O/c1-19(2)18(27)28-20(3,21(24,25)11-29-19)15-9-13(5-7-16(15)22)14-6-4-12(10-26)8-17(14)23/h4-9H,11H2,1-3H3,(H2,27,28). The predicted molar refractivity (Wildman–Crippen MR) is 100 cm³/mol. The Labute approximate surface area is 165 Å². The molecule has 0 amide bonds. The van der Waals surface area contributed by atoms with E-state index < -0.39 is 40.9 Å². The number of benzene rings is 2. The van der Waals surface area contributed by atoms with Gasteiger partial charge in [-0.05, 0) is 50.6 Å². The van der Waals surface area contributed by atoms with Crippen molar-refractivity contribution in [3.05, 3.63) is 59.2 Å². The second-order valence-electron chi connectivity index (χ2n) is 7.57. The highest BCUT2D eigenvalue weighted by Gasteiger charge is 2.56. The maximum atomic E-state index is 15.0. The summed E-state index contributed by atoms with van der Waals surface area (Å²) in [6, 6.07) is 8.93. The molecule has 3 rings (SSSR count). The normalized spacial score (nSPS) is 23.0. The Morgan fingerprint density at radius 1 is 1.07 bits per heavy atom. The summed E-state index contributed by atoms with van der Waals surface area (Å²) in [5.74, 6) is -5.45. The van der Waals surface area contributed by atoms with Crippen LogP contribution < -0.4 is 5.73 Å². The number of nitriles is 1. The third kappa shape index (κ3) is 3.47. The number of amidine groups is 1. The number of hydrogen-bond donors (Lipinski definition) is 1. The van der Waals surface area contributed by atoms with Crippen LogP contribution in [0.15, 0.2) is 41.4 Å². The minimum Gasteiger partial charge on any atom is -0.385 e. The summed E-state index contributed by atoms with van der Waals surface area (Å²) in [6.45, 7) is 3.04. The molecular weight excluding hydrogens is 386 g/mol. The SMILES string of the molecule is CC1(C)OCC(F)(F)C(C)(c2cc(-c3ccc(C#N)cc3F)ccc2F)N=C1N. The van der Waals surface area contributed by atoms with Gasteiger partial charge in [-0.3, -0.25) is 4.99 Å². The minimum absolute atomic E-state index is 0.0410. The predicted octanol–water partition coefficient (Wildman–Crippen LogP) is 4.52. The molecule has 0 aliphatic carbocycles. The van der Waals surface area contributed by atoms with E-state index in [0.29, 0.717) is 0 Å². The molecule has 8 heteroatoms.